The monoisotopic (exact) mass is 98.0 g/mol. The molecule has 0 unspecified atom stereocenters. The van der Waals surface area contributed by atoms with Crippen LogP contribution in [0.2, 0.25) is 0 Å². The molecule has 0 saturated heterocycles. The highest BCUT2D eigenvalue weighted by Gasteiger charge is 1.94. The zero-order valence-corrected chi connectivity index (χ0v) is 4.06. The summed E-state index contributed by atoms with van der Waals surface area (Å²) >= 11 is 0. The Hall–Kier alpha value is -1.04. The van der Waals surface area contributed by atoms with Crippen LogP contribution in [0.15, 0.2) is 0 Å². The van der Waals surface area contributed by atoms with Gasteiger partial charge >= 0.3 is 0 Å². The van der Waals surface area contributed by atoms with Crippen molar-refractivity contribution in [3.05, 3.63) is 11.4 Å². The van der Waals surface area contributed by atoms with Gasteiger partial charge in [-0.2, -0.15) is 0 Å². The summed E-state index contributed by atoms with van der Waals surface area (Å²) in [6.07, 6.45) is 0. The zero-order chi connectivity index (χ0) is 5.70. The number of rotatable bonds is 1. The predicted molar refractivity (Wildman–Crippen MR) is 25.5 cm³/mol. The first-order valence-electron chi connectivity index (χ1n) is 1.85. The van der Waals surface area contributed by atoms with Crippen LogP contribution in [0, 0.1) is 6.57 Å². The van der Waals surface area contributed by atoms with Crippen LogP contribution < -0.4 is 5.32 Å². The summed E-state index contributed by atoms with van der Waals surface area (Å²) in [5, 5.41) is 2.31. The van der Waals surface area contributed by atoms with E-state index in [9.17, 15) is 4.79 Å². The maximum absolute atomic E-state index is 10.1. The van der Waals surface area contributed by atoms with Crippen LogP contribution in [0.5, 0.6) is 0 Å². The van der Waals surface area contributed by atoms with Crippen molar-refractivity contribution in [2.45, 2.75) is 0 Å². The van der Waals surface area contributed by atoms with Crippen molar-refractivity contribution in [3.63, 3.8) is 0 Å². The van der Waals surface area contributed by atoms with Crippen LogP contribution in [-0.2, 0) is 4.79 Å². The minimum absolute atomic E-state index is 0.0590. The van der Waals surface area contributed by atoms with E-state index in [1.807, 2.05) is 0 Å². The highest BCUT2D eigenvalue weighted by molar-refractivity contribution is 5.78. The number of likely N-dealkylation sites (N-methyl/N-ethyl adjacent to an activating group) is 1. The third kappa shape index (κ3) is 2.77. The van der Waals surface area contributed by atoms with Gasteiger partial charge in [0.2, 0.25) is 0 Å². The molecule has 3 heteroatoms. The molecule has 1 N–H and O–H groups in total. The van der Waals surface area contributed by atoms with E-state index < -0.39 is 0 Å². The van der Waals surface area contributed by atoms with E-state index in [0.29, 0.717) is 0 Å². The number of hydrogen-bond donors (Lipinski definition) is 1. The molecule has 7 heavy (non-hydrogen) atoms. The van der Waals surface area contributed by atoms with Gasteiger partial charge in [0.05, 0.1) is 0 Å². The highest BCUT2D eigenvalue weighted by Crippen LogP contribution is 1.63. The molecule has 0 spiro atoms. The smallest absolute Gasteiger partial charge is 0.299 e. The number of carbonyl (C=O) groups is 1. The zero-order valence-electron chi connectivity index (χ0n) is 4.06. The van der Waals surface area contributed by atoms with Gasteiger partial charge in [0.25, 0.3) is 12.5 Å². The molecule has 0 aliphatic rings. The third-order valence-corrected chi connectivity index (χ3v) is 0.502. The normalized spacial score (nSPS) is 6.86. The first-order valence-corrected chi connectivity index (χ1v) is 1.85. The van der Waals surface area contributed by atoms with Gasteiger partial charge in [0.15, 0.2) is 0 Å². The van der Waals surface area contributed by atoms with Crippen LogP contribution in [0.1, 0.15) is 0 Å². The maximum Gasteiger partial charge on any atom is 0.299 e. The van der Waals surface area contributed by atoms with Crippen molar-refractivity contribution >= 4 is 5.91 Å². The lowest BCUT2D eigenvalue weighted by atomic mass is 10.6. The summed E-state index contributed by atoms with van der Waals surface area (Å²) < 4.78 is 0. The topological polar surface area (TPSA) is 33.5 Å². The number of amides is 1. The second kappa shape index (κ2) is 3.16. The number of nitrogens with one attached hydrogen (secondary N) is 1. The first-order chi connectivity index (χ1) is 3.31. The van der Waals surface area contributed by atoms with Gasteiger partial charge in [-0.1, -0.05) is 0 Å². The minimum Gasteiger partial charge on any atom is -0.353 e. The lowest BCUT2D eigenvalue weighted by molar-refractivity contribution is -0.118. The van der Waals surface area contributed by atoms with Crippen molar-refractivity contribution in [1.82, 2.24) is 5.32 Å². The predicted octanol–water partition coefficient (Wildman–Crippen LogP) is -0.348. The summed E-state index contributed by atoms with van der Waals surface area (Å²) in [7, 11) is 1.51. The molecular formula is C4H6N2O. The molecule has 0 aliphatic heterocycles. The van der Waals surface area contributed by atoms with E-state index in [0.717, 1.165) is 0 Å². The molecule has 0 saturated carbocycles. The molecule has 0 rings (SSSR count). The largest absolute Gasteiger partial charge is 0.353 e. The fourth-order valence-corrected chi connectivity index (χ4v) is 0.151. The summed E-state index contributed by atoms with van der Waals surface area (Å²) in [6, 6.07) is 0. The Morgan fingerprint density at radius 2 is 2.57 bits per heavy atom. The molecule has 0 aromatic rings. The maximum atomic E-state index is 10.1. The molecule has 0 bridgehead atoms. The Morgan fingerprint density at radius 1 is 2.00 bits per heavy atom. The van der Waals surface area contributed by atoms with Gasteiger partial charge in [-0.3, -0.25) is 4.79 Å². The molecule has 3 nitrogen and oxygen atoms in total. The van der Waals surface area contributed by atoms with Crippen LogP contribution in [0.4, 0.5) is 0 Å². The molecule has 0 heterocycles. The number of carbonyl (C=O) groups excluding carboxylic acids is 1. The summed E-state index contributed by atoms with van der Waals surface area (Å²) in [4.78, 5) is 12.9. The van der Waals surface area contributed by atoms with Crippen molar-refractivity contribution in [2.24, 2.45) is 0 Å². The third-order valence-electron chi connectivity index (χ3n) is 0.502. The Kier molecular flexibility index (Phi) is 2.69. The van der Waals surface area contributed by atoms with Gasteiger partial charge in [-0.05, 0) is 0 Å². The number of nitrogens with zero attached hydrogens (tertiary/aromatic N) is 1. The van der Waals surface area contributed by atoms with Gasteiger partial charge in [0, 0.05) is 7.05 Å². The van der Waals surface area contributed by atoms with Gasteiger partial charge < -0.3 is 10.2 Å². The van der Waals surface area contributed by atoms with Crippen molar-refractivity contribution in [1.29, 1.82) is 0 Å². The van der Waals surface area contributed by atoms with Crippen LogP contribution >= 0.6 is 0 Å². The Balaban J connectivity index is 3.23. The molecule has 1 amide bonds. The average Bonchev–Trinajstić information content (AvgIpc) is 1.68. The first kappa shape index (κ1) is 5.96. The van der Waals surface area contributed by atoms with Gasteiger partial charge in [-0.15, -0.1) is 0 Å². The van der Waals surface area contributed by atoms with Crippen LogP contribution in [0.3, 0.4) is 0 Å². The van der Waals surface area contributed by atoms with E-state index in [4.69, 9.17) is 6.57 Å². The summed E-state index contributed by atoms with van der Waals surface area (Å²) in [5.41, 5.74) is 0. The Bertz CT molecular complexity index is 103. The lowest BCUT2D eigenvalue weighted by Crippen LogP contribution is -2.19. The second-order valence-electron chi connectivity index (χ2n) is 0.989. The van der Waals surface area contributed by atoms with Crippen LogP contribution in [-0.4, -0.2) is 19.5 Å². The molecule has 0 fully saturated rings. The molecule has 0 aliphatic carbocycles. The van der Waals surface area contributed by atoms with Crippen LogP contribution in [0.25, 0.3) is 4.85 Å². The SMILES string of the molecule is [C-]#[N+]CC(=O)NC. The van der Waals surface area contributed by atoms with E-state index in [-0.39, 0.29) is 12.5 Å². The van der Waals surface area contributed by atoms with E-state index in [2.05, 4.69) is 10.2 Å². The van der Waals surface area contributed by atoms with E-state index in [1.165, 1.54) is 7.05 Å². The Morgan fingerprint density at radius 3 is 2.71 bits per heavy atom. The standard InChI is InChI=1S/C4H6N2O/c1-5-3-4(7)6-2/h3H2,2H3,(H,6,7). The minimum atomic E-state index is -0.227. The highest BCUT2D eigenvalue weighted by atomic mass is 16.1. The van der Waals surface area contributed by atoms with Crippen molar-refractivity contribution in [2.75, 3.05) is 13.6 Å². The fraction of sp³-hybridized carbons (Fsp3) is 0.500. The van der Waals surface area contributed by atoms with E-state index >= 15 is 0 Å². The van der Waals surface area contributed by atoms with E-state index in [1.54, 1.807) is 0 Å². The van der Waals surface area contributed by atoms with Gasteiger partial charge in [0.1, 0.15) is 0 Å². The summed E-state index contributed by atoms with van der Waals surface area (Å²) in [6.45, 7) is 6.14. The van der Waals surface area contributed by atoms with Crippen molar-refractivity contribution < 1.29 is 4.79 Å². The van der Waals surface area contributed by atoms with Crippen molar-refractivity contribution in [3.8, 4) is 0 Å². The molecule has 38 valence electrons. The summed E-state index contributed by atoms with van der Waals surface area (Å²) in [5.74, 6) is -0.227. The fourth-order valence-electron chi connectivity index (χ4n) is 0.151. The Labute approximate surface area is 42.1 Å². The van der Waals surface area contributed by atoms with Gasteiger partial charge in [-0.25, -0.2) is 6.57 Å². The molecule has 0 radical (unpaired) electrons. The lowest BCUT2D eigenvalue weighted by Gasteiger charge is -1.83. The molecular weight excluding hydrogens is 92.1 g/mol. The number of hydrogen-bond acceptors (Lipinski definition) is 1. The quantitative estimate of drug-likeness (QED) is 0.447. The molecule has 0 aromatic carbocycles. The average molecular weight is 98.1 g/mol. The second-order valence-corrected chi connectivity index (χ2v) is 0.989. The molecule has 0 atom stereocenters. The molecule has 0 aromatic heterocycles.